The van der Waals surface area contributed by atoms with Gasteiger partial charge < -0.3 is 4.74 Å². The summed E-state index contributed by atoms with van der Waals surface area (Å²) < 4.78 is 33.5. The summed E-state index contributed by atoms with van der Waals surface area (Å²) >= 11 is 1.64. The van der Waals surface area contributed by atoms with Crippen molar-refractivity contribution < 1.29 is 17.9 Å². The van der Waals surface area contributed by atoms with Crippen LogP contribution in [0.4, 0.5) is 0 Å². The number of benzene rings is 2. The Morgan fingerprint density at radius 1 is 1.18 bits per heavy atom. The first-order valence-electron chi connectivity index (χ1n) is 9.03. The Hall–Kier alpha value is -2.29. The number of carbonyl (C=O) groups is 1. The number of ether oxygens (including phenoxy) is 1. The van der Waals surface area contributed by atoms with Crippen molar-refractivity contribution in [1.29, 1.82) is 0 Å². The Labute approximate surface area is 167 Å². The highest BCUT2D eigenvalue weighted by Crippen LogP contribution is 2.34. The third kappa shape index (κ3) is 3.55. The van der Waals surface area contributed by atoms with Crippen molar-refractivity contribution in [2.75, 3.05) is 20.2 Å². The number of hydrogen-bond acceptors (Lipinski definition) is 6. The van der Waals surface area contributed by atoms with Crippen molar-refractivity contribution in [2.45, 2.75) is 23.7 Å². The monoisotopic (exact) mass is 416 g/mol. The summed E-state index contributed by atoms with van der Waals surface area (Å²) in [6, 6.07) is 13.8. The van der Waals surface area contributed by atoms with Crippen molar-refractivity contribution >= 4 is 37.5 Å². The van der Waals surface area contributed by atoms with Gasteiger partial charge in [-0.25, -0.2) is 18.2 Å². The molecule has 0 aliphatic carbocycles. The van der Waals surface area contributed by atoms with E-state index in [9.17, 15) is 13.2 Å². The van der Waals surface area contributed by atoms with E-state index < -0.39 is 16.0 Å². The molecule has 4 rings (SSSR count). The van der Waals surface area contributed by atoms with Gasteiger partial charge in [0.15, 0.2) is 0 Å². The van der Waals surface area contributed by atoms with Crippen LogP contribution in [0.1, 0.15) is 34.1 Å². The number of thiazole rings is 1. The molecule has 0 bridgehead atoms. The van der Waals surface area contributed by atoms with Crippen molar-refractivity contribution in [2.24, 2.45) is 0 Å². The predicted molar refractivity (Wildman–Crippen MR) is 108 cm³/mol. The number of fused-ring (bicyclic) bond motifs is 1. The van der Waals surface area contributed by atoms with Gasteiger partial charge in [-0.1, -0.05) is 12.1 Å². The van der Waals surface area contributed by atoms with Crippen LogP contribution >= 0.6 is 11.3 Å². The summed E-state index contributed by atoms with van der Waals surface area (Å²) in [5.41, 5.74) is 1.29. The highest BCUT2D eigenvalue weighted by molar-refractivity contribution is 7.89. The lowest BCUT2D eigenvalue weighted by molar-refractivity contribution is 0.0600. The molecule has 0 N–H and O–H groups in total. The fourth-order valence-electron chi connectivity index (χ4n) is 3.46. The van der Waals surface area contributed by atoms with Crippen LogP contribution in [0.15, 0.2) is 53.4 Å². The van der Waals surface area contributed by atoms with Crippen LogP contribution in [0.5, 0.6) is 0 Å². The van der Waals surface area contributed by atoms with Crippen LogP contribution in [0.2, 0.25) is 0 Å². The normalized spacial score (nSPS) is 18.2. The zero-order valence-electron chi connectivity index (χ0n) is 15.4. The van der Waals surface area contributed by atoms with Gasteiger partial charge in [0, 0.05) is 19.0 Å². The van der Waals surface area contributed by atoms with E-state index in [-0.39, 0.29) is 10.8 Å². The van der Waals surface area contributed by atoms with Crippen LogP contribution in [-0.2, 0) is 14.8 Å². The Morgan fingerprint density at radius 2 is 1.93 bits per heavy atom. The summed E-state index contributed by atoms with van der Waals surface area (Å²) in [4.78, 5) is 16.5. The van der Waals surface area contributed by atoms with E-state index in [1.165, 1.54) is 35.7 Å². The smallest absolute Gasteiger partial charge is 0.337 e. The average molecular weight is 417 g/mol. The number of para-hydroxylation sites is 1. The highest BCUT2D eigenvalue weighted by Gasteiger charge is 2.32. The van der Waals surface area contributed by atoms with Gasteiger partial charge in [0.25, 0.3) is 0 Å². The van der Waals surface area contributed by atoms with E-state index in [4.69, 9.17) is 4.98 Å². The van der Waals surface area contributed by atoms with Gasteiger partial charge in [0.05, 0.1) is 32.8 Å². The number of esters is 1. The van der Waals surface area contributed by atoms with E-state index in [1.807, 2.05) is 24.3 Å². The van der Waals surface area contributed by atoms with Crippen molar-refractivity contribution in [3.63, 3.8) is 0 Å². The maximum atomic E-state index is 13.1. The Kier molecular flexibility index (Phi) is 5.18. The van der Waals surface area contributed by atoms with E-state index in [2.05, 4.69) is 4.74 Å². The SMILES string of the molecule is COC(=O)c1ccc(S(=O)(=O)N2CCC[C@@H](c3nc4ccccc4s3)C2)cc1. The van der Waals surface area contributed by atoms with Crippen LogP contribution < -0.4 is 0 Å². The minimum atomic E-state index is -3.62. The number of aromatic nitrogens is 1. The summed E-state index contributed by atoms with van der Waals surface area (Å²) in [5.74, 6) is -0.395. The maximum absolute atomic E-state index is 13.1. The van der Waals surface area contributed by atoms with Gasteiger partial charge in [-0.15, -0.1) is 11.3 Å². The molecule has 0 spiro atoms. The van der Waals surface area contributed by atoms with Gasteiger partial charge in [-0.3, -0.25) is 0 Å². The first-order valence-corrected chi connectivity index (χ1v) is 11.3. The van der Waals surface area contributed by atoms with E-state index in [0.717, 1.165) is 28.1 Å². The number of piperidine rings is 1. The maximum Gasteiger partial charge on any atom is 0.337 e. The molecule has 1 aliphatic rings. The second-order valence-corrected chi connectivity index (χ2v) is 9.74. The fourth-order valence-corrected chi connectivity index (χ4v) is 6.07. The van der Waals surface area contributed by atoms with Gasteiger partial charge >= 0.3 is 5.97 Å². The summed E-state index contributed by atoms with van der Waals surface area (Å²) in [5, 5.41) is 0.988. The lowest BCUT2D eigenvalue weighted by Gasteiger charge is -2.31. The third-order valence-corrected chi connectivity index (χ3v) is 8.04. The molecule has 1 aromatic heterocycles. The van der Waals surface area contributed by atoms with Crippen LogP contribution in [0.25, 0.3) is 10.2 Å². The molecule has 1 fully saturated rings. The molecule has 0 unspecified atom stereocenters. The minimum Gasteiger partial charge on any atom is -0.465 e. The molecule has 2 aromatic carbocycles. The number of sulfonamides is 1. The first kappa shape index (κ1) is 19.0. The second kappa shape index (κ2) is 7.62. The topological polar surface area (TPSA) is 76.6 Å². The molecule has 0 saturated carbocycles. The Balaban J connectivity index is 1.57. The van der Waals surface area contributed by atoms with Crippen molar-refractivity contribution in [3.05, 3.63) is 59.1 Å². The Morgan fingerprint density at radius 3 is 2.64 bits per heavy atom. The molecule has 1 atom stereocenters. The third-order valence-electron chi connectivity index (χ3n) is 4.96. The van der Waals surface area contributed by atoms with Gasteiger partial charge in [-0.2, -0.15) is 4.31 Å². The van der Waals surface area contributed by atoms with Crippen LogP contribution in [0.3, 0.4) is 0 Å². The molecule has 146 valence electrons. The molecule has 1 saturated heterocycles. The van der Waals surface area contributed by atoms with Crippen molar-refractivity contribution in [1.82, 2.24) is 9.29 Å². The first-order chi connectivity index (χ1) is 13.5. The van der Waals surface area contributed by atoms with Gasteiger partial charge in [0.2, 0.25) is 10.0 Å². The number of carbonyl (C=O) groups excluding carboxylic acids is 1. The summed E-state index contributed by atoms with van der Waals surface area (Å²) in [6.07, 6.45) is 1.72. The quantitative estimate of drug-likeness (QED) is 0.607. The largest absolute Gasteiger partial charge is 0.465 e. The number of rotatable bonds is 4. The van der Waals surface area contributed by atoms with Crippen molar-refractivity contribution in [3.8, 4) is 0 Å². The summed E-state index contributed by atoms with van der Waals surface area (Å²) in [6.45, 7) is 0.906. The lowest BCUT2D eigenvalue weighted by atomic mass is 10.0. The van der Waals surface area contributed by atoms with Crippen LogP contribution in [0, 0.1) is 0 Å². The molecule has 1 aliphatic heterocycles. The molecule has 0 radical (unpaired) electrons. The molecule has 2 heterocycles. The molecule has 28 heavy (non-hydrogen) atoms. The molecular weight excluding hydrogens is 396 g/mol. The zero-order valence-corrected chi connectivity index (χ0v) is 17.0. The number of hydrogen-bond donors (Lipinski definition) is 0. The second-order valence-electron chi connectivity index (χ2n) is 6.74. The zero-order chi connectivity index (χ0) is 19.7. The minimum absolute atomic E-state index is 0.0928. The molecule has 0 amide bonds. The fraction of sp³-hybridized carbons (Fsp3) is 0.300. The standard InChI is InChI=1S/C20H20N2O4S2/c1-26-20(23)14-8-10-16(11-9-14)28(24,25)22-12-4-5-15(13-22)19-21-17-6-2-3-7-18(17)27-19/h2-3,6-11,15H,4-5,12-13H2,1H3/t15-/m1/s1. The van der Waals surface area contributed by atoms with E-state index in [0.29, 0.717) is 18.7 Å². The number of nitrogens with zero attached hydrogens (tertiary/aromatic N) is 2. The van der Waals surface area contributed by atoms with Gasteiger partial charge in [-0.05, 0) is 49.2 Å². The summed E-state index contributed by atoms with van der Waals surface area (Å²) in [7, 11) is -2.33. The lowest BCUT2D eigenvalue weighted by Crippen LogP contribution is -2.39. The van der Waals surface area contributed by atoms with E-state index >= 15 is 0 Å². The molecular formula is C20H20N2O4S2. The molecule has 8 heteroatoms. The number of methoxy groups -OCH3 is 1. The highest BCUT2D eigenvalue weighted by atomic mass is 32.2. The van der Waals surface area contributed by atoms with Crippen LogP contribution in [-0.4, -0.2) is 43.9 Å². The predicted octanol–water partition coefficient (Wildman–Crippen LogP) is 3.65. The molecule has 3 aromatic rings. The average Bonchev–Trinajstić information content (AvgIpc) is 3.18. The Bertz CT molecular complexity index is 1070. The van der Waals surface area contributed by atoms with E-state index in [1.54, 1.807) is 11.3 Å². The van der Waals surface area contributed by atoms with Gasteiger partial charge in [0.1, 0.15) is 0 Å². The molecule has 6 nitrogen and oxygen atoms in total.